The van der Waals surface area contributed by atoms with Gasteiger partial charge in [0.05, 0.1) is 23.5 Å². The molecule has 0 aliphatic carbocycles. The van der Waals surface area contributed by atoms with Crippen LogP contribution >= 0.6 is 10.7 Å². The van der Waals surface area contributed by atoms with Gasteiger partial charge in [-0.15, -0.1) is 0 Å². The Hall–Kier alpha value is -1.87. The number of carbonyl (C=O) groups is 1. The molecule has 1 rings (SSSR count). The van der Waals surface area contributed by atoms with Crippen molar-refractivity contribution < 1.29 is 27.6 Å². The SMILES string of the molecule is CCOc1c(C(=O)OC)cc(S(=O)(=O)Cl)cc1[N+](=O)[O-]. The molecule has 0 aromatic heterocycles. The second-order valence-electron chi connectivity index (χ2n) is 3.44. The van der Waals surface area contributed by atoms with Crippen LogP contribution in [0.4, 0.5) is 5.69 Å². The first-order chi connectivity index (χ1) is 9.22. The van der Waals surface area contributed by atoms with Crippen LogP contribution in [0, 0.1) is 10.1 Å². The molecule has 0 amide bonds. The molecule has 20 heavy (non-hydrogen) atoms. The summed E-state index contributed by atoms with van der Waals surface area (Å²) in [5.74, 6) is -1.34. The van der Waals surface area contributed by atoms with Crippen molar-refractivity contribution in [3.63, 3.8) is 0 Å². The van der Waals surface area contributed by atoms with Gasteiger partial charge in [-0.05, 0) is 13.0 Å². The monoisotopic (exact) mass is 323 g/mol. The Morgan fingerprint density at radius 3 is 2.45 bits per heavy atom. The Kier molecular flexibility index (Phi) is 4.90. The van der Waals surface area contributed by atoms with Gasteiger partial charge in [0.15, 0.2) is 0 Å². The normalized spacial score (nSPS) is 10.9. The number of methoxy groups -OCH3 is 1. The van der Waals surface area contributed by atoms with Crippen LogP contribution in [0.3, 0.4) is 0 Å². The van der Waals surface area contributed by atoms with Gasteiger partial charge in [-0.1, -0.05) is 0 Å². The minimum absolute atomic E-state index is 0.0395. The molecule has 0 saturated carbocycles. The molecule has 0 unspecified atom stereocenters. The van der Waals surface area contributed by atoms with Gasteiger partial charge in [-0.3, -0.25) is 10.1 Å². The van der Waals surface area contributed by atoms with Crippen LogP contribution in [0.15, 0.2) is 17.0 Å². The molecule has 0 aliphatic heterocycles. The minimum Gasteiger partial charge on any atom is -0.487 e. The van der Waals surface area contributed by atoms with Gasteiger partial charge in [-0.2, -0.15) is 0 Å². The lowest BCUT2D eigenvalue weighted by Crippen LogP contribution is -2.09. The van der Waals surface area contributed by atoms with Gasteiger partial charge >= 0.3 is 11.7 Å². The van der Waals surface area contributed by atoms with Gasteiger partial charge in [0, 0.05) is 16.7 Å². The first-order valence-electron chi connectivity index (χ1n) is 5.20. The molecule has 10 heteroatoms. The van der Waals surface area contributed by atoms with Crippen molar-refractivity contribution in [2.45, 2.75) is 11.8 Å². The second kappa shape index (κ2) is 6.06. The number of halogens is 1. The molecule has 0 aliphatic rings. The fourth-order valence-corrected chi connectivity index (χ4v) is 2.20. The number of benzene rings is 1. The summed E-state index contributed by atoms with van der Waals surface area (Å²) in [6.45, 7) is 1.59. The Morgan fingerprint density at radius 2 is 2.05 bits per heavy atom. The summed E-state index contributed by atoms with van der Waals surface area (Å²) in [6.07, 6.45) is 0. The number of rotatable bonds is 5. The maximum Gasteiger partial charge on any atom is 0.341 e. The van der Waals surface area contributed by atoms with Crippen LogP contribution in [0.1, 0.15) is 17.3 Å². The molecule has 0 heterocycles. The van der Waals surface area contributed by atoms with Crippen molar-refractivity contribution in [2.75, 3.05) is 13.7 Å². The summed E-state index contributed by atoms with van der Waals surface area (Å²) >= 11 is 0. The minimum atomic E-state index is -4.25. The van der Waals surface area contributed by atoms with Crippen LogP contribution in [-0.4, -0.2) is 33.0 Å². The van der Waals surface area contributed by atoms with Crippen molar-refractivity contribution in [1.29, 1.82) is 0 Å². The fraction of sp³-hybridized carbons (Fsp3) is 0.300. The van der Waals surface area contributed by atoms with Gasteiger partial charge in [0.1, 0.15) is 5.56 Å². The lowest BCUT2D eigenvalue weighted by atomic mass is 10.1. The quantitative estimate of drug-likeness (QED) is 0.351. The maximum absolute atomic E-state index is 11.6. The van der Waals surface area contributed by atoms with E-state index in [4.69, 9.17) is 15.4 Å². The zero-order valence-electron chi connectivity index (χ0n) is 10.5. The van der Waals surface area contributed by atoms with E-state index in [0.29, 0.717) is 0 Å². The molecule has 110 valence electrons. The van der Waals surface area contributed by atoms with E-state index in [1.54, 1.807) is 6.92 Å². The fourth-order valence-electron chi connectivity index (χ4n) is 1.42. The second-order valence-corrected chi connectivity index (χ2v) is 6.00. The number of ether oxygens (including phenoxy) is 2. The summed E-state index contributed by atoms with van der Waals surface area (Å²) in [5.41, 5.74) is -1.07. The number of hydrogen-bond acceptors (Lipinski definition) is 7. The first kappa shape index (κ1) is 16.2. The average Bonchev–Trinajstić information content (AvgIpc) is 2.36. The van der Waals surface area contributed by atoms with E-state index in [9.17, 15) is 23.3 Å². The topological polar surface area (TPSA) is 113 Å². The number of nitrogens with zero attached hydrogens (tertiary/aromatic N) is 1. The van der Waals surface area contributed by atoms with E-state index in [2.05, 4.69) is 4.74 Å². The van der Waals surface area contributed by atoms with Gasteiger partial charge in [-0.25, -0.2) is 13.2 Å². The van der Waals surface area contributed by atoms with Crippen LogP contribution in [0.2, 0.25) is 0 Å². The van der Waals surface area contributed by atoms with Crippen molar-refractivity contribution in [3.8, 4) is 5.75 Å². The molecule has 0 bridgehead atoms. The van der Waals surface area contributed by atoms with E-state index < -0.39 is 30.5 Å². The summed E-state index contributed by atoms with van der Waals surface area (Å²) in [5, 5.41) is 11.0. The standard InChI is InChI=1S/C10H10ClNO7S/c1-3-19-9-7(10(13)18-2)4-6(20(11,16)17)5-8(9)12(14)15/h4-5H,3H2,1-2H3. The molecule has 1 aromatic rings. The Morgan fingerprint density at radius 1 is 1.45 bits per heavy atom. The lowest BCUT2D eigenvalue weighted by molar-refractivity contribution is -0.386. The van der Waals surface area contributed by atoms with E-state index >= 15 is 0 Å². The predicted octanol–water partition coefficient (Wildman–Crippen LogP) is 1.71. The van der Waals surface area contributed by atoms with Gasteiger partial charge in [0.2, 0.25) is 5.75 Å². The summed E-state index contributed by atoms with van der Waals surface area (Å²) in [6, 6.07) is 1.59. The third kappa shape index (κ3) is 3.36. The predicted molar refractivity (Wildman–Crippen MR) is 68.6 cm³/mol. The zero-order valence-corrected chi connectivity index (χ0v) is 12.0. The van der Waals surface area contributed by atoms with Crippen LogP contribution in [0.25, 0.3) is 0 Å². The van der Waals surface area contributed by atoms with Crippen LogP contribution in [0.5, 0.6) is 5.75 Å². The highest BCUT2D eigenvalue weighted by atomic mass is 35.7. The molecular weight excluding hydrogens is 314 g/mol. The van der Waals surface area contributed by atoms with E-state index in [-0.39, 0.29) is 17.9 Å². The number of nitro benzene ring substituents is 1. The highest BCUT2D eigenvalue weighted by Crippen LogP contribution is 2.35. The first-order valence-corrected chi connectivity index (χ1v) is 7.51. The number of esters is 1. The zero-order chi connectivity index (χ0) is 15.5. The Balaban J connectivity index is 3.72. The third-order valence-electron chi connectivity index (χ3n) is 2.22. The third-order valence-corrected chi connectivity index (χ3v) is 3.55. The van der Waals surface area contributed by atoms with Crippen LogP contribution < -0.4 is 4.74 Å². The summed E-state index contributed by atoms with van der Waals surface area (Å²) in [7, 11) is 1.94. The summed E-state index contributed by atoms with van der Waals surface area (Å²) < 4.78 is 32.1. The Labute approximate surface area is 118 Å². The molecule has 0 N–H and O–H groups in total. The molecule has 0 fully saturated rings. The molecule has 1 aromatic carbocycles. The maximum atomic E-state index is 11.6. The number of hydrogen-bond donors (Lipinski definition) is 0. The summed E-state index contributed by atoms with van der Waals surface area (Å²) in [4.78, 5) is 21.1. The molecule has 0 saturated heterocycles. The molecule has 0 radical (unpaired) electrons. The molecule has 0 atom stereocenters. The number of carbonyl (C=O) groups excluding carboxylic acids is 1. The number of nitro groups is 1. The highest BCUT2D eigenvalue weighted by Gasteiger charge is 2.28. The van der Waals surface area contributed by atoms with E-state index in [0.717, 1.165) is 19.2 Å². The van der Waals surface area contributed by atoms with Crippen molar-refractivity contribution in [2.24, 2.45) is 0 Å². The average molecular weight is 324 g/mol. The van der Waals surface area contributed by atoms with E-state index in [1.807, 2.05) is 0 Å². The highest BCUT2D eigenvalue weighted by molar-refractivity contribution is 8.13. The molecule has 8 nitrogen and oxygen atoms in total. The Bertz CT molecular complexity index is 656. The van der Waals surface area contributed by atoms with Gasteiger partial charge < -0.3 is 9.47 Å². The smallest absolute Gasteiger partial charge is 0.341 e. The van der Waals surface area contributed by atoms with Gasteiger partial charge in [0.25, 0.3) is 9.05 Å². The van der Waals surface area contributed by atoms with Crippen molar-refractivity contribution >= 4 is 31.4 Å². The largest absolute Gasteiger partial charge is 0.487 e. The van der Waals surface area contributed by atoms with E-state index in [1.165, 1.54) is 0 Å². The van der Waals surface area contributed by atoms with Crippen molar-refractivity contribution in [3.05, 3.63) is 27.8 Å². The molecule has 0 spiro atoms. The molecular formula is C10H10ClNO7S. The van der Waals surface area contributed by atoms with Crippen molar-refractivity contribution in [1.82, 2.24) is 0 Å². The lowest BCUT2D eigenvalue weighted by Gasteiger charge is -2.10. The van der Waals surface area contributed by atoms with Crippen LogP contribution in [-0.2, 0) is 13.8 Å².